The van der Waals surface area contributed by atoms with E-state index in [4.69, 9.17) is 18.9 Å². The number of methoxy groups -OCH3 is 4. The average molecular weight is 441 g/mol. The van der Waals surface area contributed by atoms with Gasteiger partial charge in [0, 0.05) is 55.0 Å². The minimum absolute atomic E-state index is 0.0306. The summed E-state index contributed by atoms with van der Waals surface area (Å²) in [6.07, 6.45) is 0.818. The van der Waals surface area contributed by atoms with E-state index in [1.54, 1.807) is 33.3 Å². The first-order valence-electron chi connectivity index (χ1n) is 10.7. The zero-order chi connectivity index (χ0) is 23.1. The molecule has 32 heavy (non-hydrogen) atoms. The summed E-state index contributed by atoms with van der Waals surface area (Å²) >= 11 is 0. The lowest BCUT2D eigenvalue weighted by Crippen LogP contribution is -2.36. The average Bonchev–Trinajstić information content (AvgIpc) is 3.21. The van der Waals surface area contributed by atoms with Gasteiger partial charge in [0.1, 0.15) is 0 Å². The first-order chi connectivity index (χ1) is 15.6. The van der Waals surface area contributed by atoms with Crippen molar-refractivity contribution in [1.29, 1.82) is 0 Å². The van der Waals surface area contributed by atoms with Gasteiger partial charge in [-0.1, -0.05) is 6.92 Å². The lowest BCUT2D eigenvalue weighted by Gasteiger charge is -2.22. The van der Waals surface area contributed by atoms with Gasteiger partial charge in [0.05, 0.1) is 27.4 Å². The standard InChI is InChI=1S/C25H32N2O5/c1-6-19-20-15-18(25(28)27(11-13-29-2)12-14-30-3)7-9-21(20)26-24(19)17-8-10-22(31-4)23(16-17)32-5/h7-10,15-16,26H,6,11-14H2,1-5H3. The van der Waals surface area contributed by atoms with Crippen LogP contribution in [0.5, 0.6) is 11.5 Å². The van der Waals surface area contributed by atoms with Crippen LogP contribution in [0.25, 0.3) is 22.2 Å². The van der Waals surface area contributed by atoms with E-state index in [9.17, 15) is 4.79 Å². The van der Waals surface area contributed by atoms with Gasteiger partial charge in [-0.2, -0.15) is 0 Å². The number of aryl methyl sites for hydroxylation is 1. The third-order valence-corrected chi connectivity index (χ3v) is 5.60. The maximum absolute atomic E-state index is 13.2. The molecule has 0 aliphatic heterocycles. The van der Waals surface area contributed by atoms with E-state index in [-0.39, 0.29) is 5.91 Å². The molecule has 7 heteroatoms. The van der Waals surface area contributed by atoms with Crippen LogP contribution in [0.2, 0.25) is 0 Å². The number of benzene rings is 2. The third kappa shape index (κ3) is 4.89. The Morgan fingerprint density at radius 2 is 1.59 bits per heavy atom. The van der Waals surface area contributed by atoms with Crippen LogP contribution in [0.15, 0.2) is 36.4 Å². The topological polar surface area (TPSA) is 73.0 Å². The zero-order valence-corrected chi connectivity index (χ0v) is 19.5. The molecule has 7 nitrogen and oxygen atoms in total. The lowest BCUT2D eigenvalue weighted by molar-refractivity contribution is 0.0627. The molecule has 1 amide bonds. The van der Waals surface area contributed by atoms with Gasteiger partial charge in [-0.3, -0.25) is 4.79 Å². The fraction of sp³-hybridized carbons (Fsp3) is 0.400. The molecule has 1 N–H and O–H groups in total. The fourth-order valence-corrected chi connectivity index (χ4v) is 3.89. The molecule has 172 valence electrons. The highest BCUT2D eigenvalue weighted by molar-refractivity contribution is 6.00. The summed E-state index contributed by atoms with van der Waals surface area (Å²) < 4.78 is 21.2. The summed E-state index contributed by atoms with van der Waals surface area (Å²) in [6.45, 7) is 4.10. The quantitative estimate of drug-likeness (QED) is 0.485. The number of nitrogens with zero attached hydrogens (tertiary/aromatic N) is 1. The molecule has 0 radical (unpaired) electrons. The van der Waals surface area contributed by atoms with E-state index < -0.39 is 0 Å². The number of carbonyl (C=O) groups excluding carboxylic acids is 1. The number of rotatable bonds is 11. The first-order valence-corrected chi connectivity index (χ1v) is 10.7. The second kappa shape index (κ2) is 11.0. The molecule has 0 atom stereocenters. The monoisotopic (exact) mass is 440 g/mol. The predicted molar refractivity (Wildman–Crippen MR) is 126 cm³/mol. The Balaban J connectivity index is 2.01. The van der Waals surface area contributed by atoms with Gasteiger partial charge in [-0.25, -0.2) is 0 Å². The molecular weight excluding hydrogens is 408 g/mol. The molecule has 0 fully saturated rings. The number of carbonyl (C=O) groups is 1. The molecular formula is C25H32N2O5. The van der Waals surface area contributed by atoms with Crippen molar-refractivity contribution in [1.82, 2.24) is 9.88 Å². The van der Waals surface area contributed by atoms with E-state index in [1.165, 1.54) is 0 Å². The largest absolute Gasteiger partial charge is 0.493 e. The van der Waals surface area contributed by atoms with E-state index in [0.29, 0.717) is 43.4 Å². The van der Waals surface area contributed by atoms with Gasteiger partial charge in [-0.05, 0) is 48.4 Å². The summed E-state index contributed by atoms with van der Waals surface area (Å²) in [5.74, 6) is 1.33. The van der Waals surface area contributed by atoms with Crippen molar-refractivity contribution >= 4 is 16.8 Å². The Bertz CT molecular complexity index is 1050. The molecule has 1 aromatic heterocycles. The Hall–Kier alpha value is -3.03. The van der Waals surface area contributed by atoms with E-state index >= 15 is 0 Å². The van der Waals surface area contributed by atoms with Crippen molar-refractivity contribution in [3.63, 3.8) is 0 Å². The Morgan fingerprint density at radius 3 is 2.19 bits per heavy atom. The number of amides is 1. The van der Waals surface area contributed by atoms with Crippen molar-refractivity contribution in [2.75, 3.05) is 54.7 Å². The highest BCUT2D eigenvalue weighted by Crippen LogP contribution is 2.36. The van der Waals surface area contributed by atoms with Crippen LogP contribution in [-0.4, -0.2) is 70.5 Å². The molecule has 0 saturated carbocycles. The van der Waals surface area contributed by atoms with Gasteiger partial charge in [0.15, 0.2) is 11.5 Å². The summed E-state index contributed by atoms with van der Waals surface area (Å²) in [6, 6.07) is 11.7. The molecule has 0 aliphatic carbocycles. The van der Waals surface area contributed by atoms with E-state index in [0.717, 1.165) is 34.1 Å². The number of H-pyrrole nitrogens is 1. The summed E-state index contributed by atoms with van der Waals surface area (Å²) in [5.41, 5.74) is 4.82. The minimum Gasteiger partial charge on any atom is -0.493 e. The number of nitrogens with one attached hydrogen (secondary N) is 1. The molecule has 1 heterocycles. The van der Waals surface area contributed by atoms with Crippen LogP contribution in [0.4, 0.5) is 0 Å². The number of aromatic nitrogens is 1. The van der Waals surface area contributed by atoms with Gasteiger partial charge in [0.2, 0.25) is 0 Å². The SMILES string of the molecule is CCc1c(-c2ccc(OC)c(OC)c2)[nH]c2ccc(C(=O)N(CCOC)CCOC)cc12. The maximum atomic E-state index is 13.2. The number of ether oxygens (including phenoxy) is 4. The third-order valence-electron chi connectivity index (χ3n) is 5.60. The van der Waals surface area contributed by atoms with Gasteiger partial charge in [0.25, 0.3) is 5.91 Å². The van der Waals surface area contributed by atoms with Crippen molar-refractivity contribution in [3.05, 3.63) is 47.5 Å². The van der Waals surface area contributed by atoms with Crippen LogP contribution >= 0.6 is 0 Å². The second-order valence-corrected chi connectivity index (χ2v) is 7.44. The van der Waals surface area contributed by atoms with Gasteiger partial charge < -0.3 is 28.8 Å². The van der Waals surface area contributed by atoms with Crippen molar-refractivity contribution in [2.45, 2.75) is 13.3 Å². The van der Waals surface area contributed by atoms with Crippen molar-refractivity contribution < 1.29 is 23.7 Å². The van der Waals surface area contributed by atoms with Crippen LogP contribution in [0.1, 0.15) is 22.8 Å². The number of hydrogen-bond acceptors (Lipinski definition) is 5. The molecule has 2 aromatic carbocycles. The summed E-state index contributed by atoms with van der Waals surface area (Å²) in [7, 11) is 6.52. The van der Waals surface area contributed by atoms with Gasteiger partial charge in [-0.15, -0.1) is 0 Å². The van der Waals surface area contributed by atoms with Gasteiger partial charge >= 0.3 is 0 Å². The molecule has 3 rings (SSSR count). The summed E-state index contributed by atoms with van der Waals surface area (Å²) in [4.78, 5) is 18.5. The van der Waals surface area contributed by atoms with Crippen molar-refractivity contribution in [3.8, 4) is 22.8 Å². The summed E-state index contributed by atoms with van der Waals surface area (Å²) in [5, 5.41) is 1.04. The fourth-order valence-electron chi connectivity index (χ4n) is 3.89. The highest BCUT2D eigenvalue weighted by Gasteiger charge is 2.19. The minimum atomic E-state index is -0.0306. The zero-order valence-electron chi connectivity index (χ0n) is 19.5. The Labute approximate surface area is 189 Å². The van der Waals surface area contributed by atoms with Crippen LogP contribution in [0, 0.1) is 0 Å². The Morgan fingerprint density at radius 1 is 0.906 bits per heavy atom. The van der Waals surface area contributed by atoms with E-state index in [2.05, 4.69) is 11.9 Å². The molecule has 3 aromatic rings. The smallest absolute Gasteiger partial charge is 0.254 e. The van der Waals surface area contributed by atoms with Crippen LogP contribution in [-0.2, 0) is 15.9 Å². The Kier molecular flexibility index (Phi) is 8.14. The molecule has 0 bridgehead atoms. The first kappa shape index (κ1) is 23.6. The molecule has 0 saturated heterocycles. The number of aromatic amines is 1. The molecule has 0 unspecified atom stereocenters. The van der Waals surface area contributed by atoms with Crippen LogP contribution < -0.4 is 9.47 Å². The number of hydrogen-bond donors (Lipinski definition) is 1. The normalized spacial score (nSPS) is 11.0. The predicted octanol–water partition coefficient (Wildman–Crippen LogP) is 4.15. The highest BCUT2D eigenvalue weighted by atomic mass is 16.5. The van der Waals surface area contributed by atoms with Crippen molar-refractivity contribution in [2.24, 2.45) is 0 Å². The van der Waals surface area contributed by atoms with Crippen LogP contribution in [0.3, 0.4) is 0 Å². The molecule has 0 spiro atoms. The maximum Gasteiger partial charge on any atom is 0.254 e. The molecule has 0 aliphatic rings. The second-order valence-electron chi connectivity index (χ2n) is 7.44. The lowest BCUT2D eigenvalue weighted by atomic mass is 10.0. The van der Waals surface area contributed by atoms with E-state index in [1.807, 2.05) is 36.4 Å². The number of fused-ring (bicyclic) bond motifs is 1.